The van der Waals surface area contributed by atoms with Crippen molar-refractivity contribution in [2.75, 3.05) is 19.7 Å². The molecule has 0 bridgehead atoms. The van der Waals surface area contributed by atoms with E-state index in [-0.39, 0.29) is 5.56 Å². The Labute approximate surface area is 112 Å². The zero-order chi connectivity index (χ0) is 13.7. The summed E-state index contributed by atoms with van der Waals surface area (Å²) in [5.41, 5.74) is -0.308. The molecule has 0 amide bonds. The Hall–Kier alpha value is -1.59. The van der Waals surface area contributed by atoms with E-state index in [0.717, 1.165) is 19.3 Å². The van der Waals surface area contributed by atoms with Crippen LogP contribution in [0.3, 0.4) is 0 Å². The van der Waals surface area contributed by atoms with Crippen LogP contribution in [0.4, 0.5) is 0 Å². The topological polar surface area (TPSA) is 78.8 Å². The molecule has 1 aromatic carbocycles. The molecule has 1 aliphatic carbocycles. The molecule has 3 N–H and O–H groups in total. The van der Waals surface area contributed by atoms with Crippen LogP contribution >= 0.6 is 0 Å². The lowest BCUT2D eigenvalue weighted by Gasteiger charge is -2.36. The number of carbonyl (C=O) groups is 1. The average Bonchev–Trinajstić information content (AvgIpc) is 2.36. The van der Waals surface area contributed by atoms with Gasteiger partial charge in [0.05, 0.1) is 11.2 Å². The zero-order valence-corrected chi connectivity index (χ0v) is 10.8. The van der Waals surface area contributed by atoms with E-state index in [1.807, 2.05) is 0 Å². The molecule has 2 rings (SSSR count). The van der Waals surface area contributed by atoms with E-state index >= 15 is 0 Å². The highest BCUT2D eigenvalue weighted by atomic mass is 16.5. The van der Waals surface area contributed by atoms with Crippen molar-refractivity contribution >= 4 is 5.97 Å². The second-order valence-corrected chi connectivity index (χ2v) is 4.94. The fourth-order valence-corrected chi connectivity index (χ4v) is 2.04. The van der Waals surface area contributed by atoms with Crippen LogP contribution in [-0.2, 0) is 0 Å². The van der Waals surface area contributed by atoms with E-state index in [4.69, 9.17) is 9.84 Å². The Kier molecular flexibility index (Phi) is 4.39. The van der Waals surface area contributed by atoms with Crippen molar-refractivity contribution in [3.8, 4) is 5.75 Å². The summed E-state index contributed by atoms with van der Waals surface area (Å²) in [6, 6.07) is 6.41. The van der Waals surface area contributed by atoms with Crippen LogP contribution in [-0.4, -0.2) is 41.5 Å². The quantitative estimate of drug-likeness (QED) is 0.647. The van der Waals surface area contributed by atoms with Crippen LogP contribution in [0.5, 0.6) is 5.75 Å². The van der Waals surface area contributed by atoms with Crippen LogP contribution in [0, 0.1) is 0 Å². The Balaban J connectivity index is 1.67. The third kappa shape index (κ3) is 3.94. The summed E-state index contributed by atoms with van der Waals surface area (Å²) in [5, 5.41) is 21.8. The third-order valence-electron chi connectivity index (χ3n) is 3.37. The van der Waals surface area contributed by atoms with Crippen molar-refractivity contribution in [1.29, 1.82) is 0 Å². The van der Waals surface area contributed by atoms with Crippen LogP contribution in [0.1, 0.15) is 29.6 Å². The molecule has 1 aliphatic rings. The van der Waals surface area contributed by atoms with E-state index in [2.05, 4.69) is 5.32 Å². The van der Waals surface area contributed by atoms with Gasteiger partial charge in [0.2, 0.25) is 0 Å². The van der Waals surface area contributed by atoms with Gasteiger partial charge >= 0.3 is 5.97 Å². The molecule has 0 spiro atoms. The van der Waals surface area contributed by atoms with Crippen LogP contribution in [0.25, 0.3) is 0 Å². The molecule has 1 aromatic rings. The summed E-state index contributed by atoms with van der Waals surface area (Å²) in [6.45, 7) is 1.66. The van der Waals surface area contributed by atoms with E-state index in [9.17, 15) is 9.90 Å². The Morgan fingerprint density at radius 1 is 1.42 bits per heavy atom. The molecule has 0 heterocycles. The number of aromatic carboxylic acids is 1. The zero-order valence-electron chi connectivity index (χ0n) is 10.8. The first-order chi connectivity index (χ1) is 9.09. The van der Waals surface area contributed by atoms with Crippen molar-refractivity contribution in [2.24, 2.45) is 0 Å². The lowest BCUT2D eigenvalue weighted by molar-refractivity contribution is -0.0314. The largest absolute Gasteiger partial charge is 0.492 e. The fraction of sp³-hybridized carbons (Fsp3) is 0.500. The van der Waals surface area contributed by atoms with Gasteiger partial charge in [-0.3, -0.25) is 0 Å². The van der Waals surface area contributed by atoms with E-state index < -0.39 is 11.6 Å². The molecular weight excluding hydrogens is 246 g/mol. The predicted octanol–water partition coefficient (Wildman–Crippen LogP) is 1.27. The molecule has 0 radical (unpaired) electrons. The van der Waals surface area contributed by atoms with Gasteiger partial charge in [0.25, 0.3) is 0 Å². The smallest absolute Gasteiger partial charge is 0.335 e. The summed E-state index contributed by atoms with van der Waals surface area (Å²) < 4.78 is 5.46. The maximum Gasteiger partial charge on any atom is 0.335 e. The first kappa shape index (κ1) is 13.8. The first-order valence-electron chi connectivity index (χ1n) is 6.48. The molecule has 0 aromatic heterocycles. The van der Waals surface area contributed by atoms with E-state index in [1.165, 1.54) is 12.1 Å². The van der Waals surface area contributed by atoms with Gasteiger partial charge in [0.15, 0.2) is 0 Å². The van der Waals surface area contributed by atoms with Crippen molar-refractivity contribution in [1.82, 2.24) is 5.32 Å². The highest BCUT2D eigenvalue weighted by Crippen LogP contribution is 2.30. The Bertz CT molecular complexity index is 443. The van der Waals surface area contributed by atoms with Gasteiger partial charge < -0.3 is 20.3 Å². The second-order valence-electron chi connectivity index (χ2n) is 4.94. The lowest BCUT2D eigenvalue weighted by atomic mass is 9.80. The van der Waals surface area contributed by atoms with Crippen LogP contribution in [0.15, 0.2) is 24.3 Å². The van der Waals surface area contributed by atoms with Crippen molar-refractivity contribution in [3.63, 3.8) is 0 Å². The molecule has 1 fully saturated rings. The van der Waals surface area contributed by atoms with Crippen molar-refractivity contribution in [3.05, 3.63) is 29.8 Å². The second kappa shape index (κ2) is 6.04. The number of aliphatic hydroxyl groups is 1. The third-order valence-corrected chi connectivity index (χ3v) is 3.37. The Morgan fingerprint density at radius 2 is 2.21 bits per heavy atom. The van der Waals surface area contributed by atoms with Crippen LogP contribution < -0.4 is 10.1 Å². The fourth-order valence-electron chi connectivity index (χ4n) is 2.04. The van der Waals surface area contributed by atoms with Crippen molar-refractivity contribution in [2.45, 2.75) is 24.9 Å². The van der Waals surface area contributed by atoms with E-state index in [0.29, 0.717) is 25.4 Å². The molecule has 19 heavy (non-hydrogen) atoms. The maximum absolute atomic E-state index is 10.8. The number of carboxylic acids is 1. The van der Waals surface area contributed by atoms with Crippen molar-refractivity contribution < 1.29 is 19.7 Å². The molecule has 5 nitrogen and oxygen atoms in total. The first-order valence-corrected chi connectivity index (χ1v) is 6.48. The highest BCUT2D eigenvalue weighted by molar-refractivity contribution is 5.87. The SMILES string of the molecule is O=C(O)c1cccc(OCCNCC2(O)CCC2)c1. The maximum atomic E-state index is 10.8. The molecule has 0 unspecified atom stereocenters. The van der Waals surface area contributed by atoms with Gasteiger partial charge in [-0.25, -0.2) is 4.79 Å². The van der Waals surface area contributed by atoms with Gasteiger partial charge in [0.1, 0.15) is 12.4 Å². The van der Waals surface area contributed by atoms with E-state index in [1.54, 1.807) is 12.1 Å². The summed E-state index contributed by atoms with van der Waals surface area (Å²) in [5.74, 6) is -0.417. The number of benzene rings is 1. The summed E-state index contributed by atoms with van der Waals surface area (Å²) in [7, 11) is 0. The standard InChI is InChI=1S/C14H19NO4/c16-13(17)11-3-1-4-12(9-11)19-8-7-15-10-14(18)5-2-6-14/h1,3-4,9,15,18H,2,5-8,10H2,(H,16,17). The predicted molar refractivity (Wildman–Crippen MR) is 70.6 cm³/mol. The molecule has 5 heteroatoms. The average molecular weight is 265 g/mol. The monoisotopic (exact) mass is 265 g/mol. The number of hydrogen-bond donors (Lipinski definition) is 3. The lowest BCUT2D eigenvalue weighted by Crippen LogP contribution is -2.46. The van der Waals surface area contributed by atoms with Gasteiger partial charge in [-0.1, -0.05) is 6.07 Å². The highest BCUT2D eigenvalue weighted by Gasteiger charge is 2.33. The molecule has 1 saturated carbocycles. The minimum absolute atomic E-state index is 0.217. The molecule has 0 aliphatic heterocycles. The van der Waals surface area contributed by atoms with Crippen LogP contribution in [0.2, 0.25) is 0 Å². The molecule has 104 valence electrons. The number of hydrogen-bond acceptors (Lipinski definition) is 4. The normalized spacial score (nSPS) is 16.7. The summed E-state index contributed by atoms with van der Waals surface area (Å²) in [4.78, 5) is 10.8. The summed E-state index contributed by atoms with van der Waals surface area (Å²) in [6.07, 6.45) is 2.82. The van der Waals surface area contributed by atoms with Gasteiger partial charge in [-0.15, -0.1) is 0 Å². The molecule has 0 atom stereocenters. The Morgan fingerprint density at radius 3 is 2.84 bits per heavy atom. The number of rotatable bonds is 7. The molecular formula is C14H19NO4. The van der Waals surface area contributed by atoms with Gasteiger partial charge in [-0.05, 0) is 37.5 Å². The minimum atomic E-state index is -0.962. The molecule has 0 saturated heterocycles. The minimum Gasteiger partial charge on any atom is -0.492 e. The summed E-state index contributed by atoms with van der Waals surface area (Å²) >= 11 is 0. The number of ether oxygens (including phenoxy) is 1. The number of nitrogens with one attached hydrogen (secondary N) is 1. The number of carboxylic acid groups (broad SMARTS) is 1. The van der Waals surface area contributed by atoms with Gasteiger partial charge in [-0.2, -0.15) is 0 Å². The van der Waals surface area contributed by atoms with Gasteiger partial charge in [0, 0.05) is 13.1 Å².